The van der Waals surface area contributed by atoms with Gasteiger partial charge in [0.2, 0.25) is 0 Å². The number of rotatable bonds is 4. The van der Waals surface area contributed by atoms with Gasteiger partial charge in [0.25, 0.3) is 0 Å². The summed E-state index contributed by atoms with van der Waals surface area (Å²) in [5.41, 5.74) is 7.01. The lowest BCUT2D eigenvalue weighted by Gasteiger charge is -2.20. The maximum absolute atomic E-state index is 6.09. The monoisotopic (exact) mass is 230 g/mol. The van der Waals surface area contributed by atoms with Crippen molar-refractivity contribution in [2.45, 2.75) is 25.9 Å². The first kappa shape index (κ1) is 12.5. The van der Waals surface area contributed by atoms with Gasteiger partial charge in [-0.15, -0.1) is 0 Å². The van der Waals surface area contributed by atoms with Crippen LogP contribution in [0, 0.1) is 0 Å². The van der Waals surface area contributed by atoms with Crippen LogP contribution >= 0.6 is 11.6 Å². The number of aromatic nitrogens is 2. The van der Waals surface area contributed by atoms with Gasteiger partial charge in [-0.3, -0.25) is 4.68 Å². The molecule has 1 aromatic heterocycles. The van der Waals surface area contributed by atoms with E-state index in [2.05, 4.69) is 18.9 Å². The molecule has 0 radical (unpaired) electrons. The van der Waals surface area contributed by atoms with Gasteiger partial charge in [0.1, 0.15) is 0 Å². The lowest BCUT2D eigenvalue weighted by Crippen LogP contribution is -2.28. The summed E-state index contributed by atoms with van der Waals surface area (Å²) in [4.78, 5) is 2.04. The van der Waals surface area contributed by atoms with Crippen molar-refractivity contribution < 1.29 is 0 Å². The van der Waals surface area contributed by atoms with Crippen molar-refractivity contribution in [3.05, 3.63) is 16.9 Å². The third-order valence-electron chi connectivity index (χ3n) is 2.19. The van der Waals surface area contributed by atoms with E-state index in [-0.39, 0.29) is 12.1 Å². The molecule has 0 bridgehead atoms. The molecule has 15 heavy (non-hydrogen) atoms. The summed E-state index contributed by atoms with van der Waals surface area (Å²) in [6.45, 7) is 4.89. The standard InChI is InChI=1S/C10H19ClN4/c1-7(2)15-10(8(11)5-13-15)9(12)6-14(3)4/h5,7,9H,6,12H2,1-4H3. The van der Waals surface area contributed by atoms with E-state index in [4.69, 9.17) is 17.3 Å². The fourth-order valence-electron chi connectivity index (χ4n) is 1.59. The lowest BCUT2D eigenvalue weighted by molar-refractivity contribution is 0.360. The molecule has 1 heterocycles. The van der Waals surface area contributed by atoms with Crippen molar-refractivity contribution in [1.82, 2.24) is 14.7 Å². The average Bonchev–Trinajstić information content (AvgIpc) is 2.45. The van der Waals surface area contributed by atoms with Crippen LogP contribution in [-0.4, -0.2) is 35.3 Å². The van der Waals surface area contributed by atoms with Crippen LogP contribution in [-0.2, 0) is 0 Å². The van der Waals surface area contributed by atoms with Crippen LogP contribution in [0.15, 0.2) is 6.20 Å². The summed E-state index contributed by atoms with van der Waals surface area (Å²) in [5, 5.41) is 4.88. The summed E-state index contributed by atoms with van der Waals surface area (Å²) in [6.07, 6.45) is 1.66. The Morgan fingerprint density at radius 3 is 2.60 bits per heavy atom. The van der Waals surface area contributed by atoms with Crippen molar-refractivity contribution in [3.63, 3.8) is 0 Å². The van der Waals surface area contributed by atoms with E-state index in [1.807, 2.05) is 23.7 Å². The van der Waals surface area contributed by atoms with Crippen LogP contribution in [0.4, 0.5) is 0 Å². The lowest BCUT2D eigenvalue weighted by atomic mass is 10.2. The molecule has 1 atom stereocenters. The van der Waals surface area contributed by atoms with E-state index in [0.717, 1.165) is 12.2 Å². The molecule has 0 amide bonds. The first-order valence-corrected chi connectivity index (χ1v) is 5.44. The second-order valence-corrected chi connectivity index (χ2v) is 4.69. The molecule has 0 aromatic carbocycles. The average molecular weight is 231 g/mol. The number of halogens is 1. The molecular formula is C10H19ClN4. The van der Waals surface area contributed by atoms with Gasteiger partial charge in [-0.05, 0) is 27.9 Å². The van der Waals surface area contributed by atoms with Crippen LogP contribution in [0.25, 0.3) is 0 Å². The van der Waals surface area contributed by atoms with Crippen molar-refractivity contribution in [2.75, 3.05) is 20.6 Å². The van der Waals surface area contributed by atoms with E-state index >= 15 is 0 Å². The van der Waals surface area contributed by atoms with Crippen LogP contribution < -0.4 is 5.73 Å². The summed E-state index contributed by atoms with van der Waals surface area (Å²) in [7, 11) is 3.98. The molecule has 5 heteroatoms. The fourth-order valence-corrected chi connectivity index (χ4v) is 1.86. The zero-order valence-corrected chi connectivity index (χ0v) is 10.5. The molecule has 0 spiro atoms. The highest BCUT2D eigenvalue weighted by Crippen LogP contribution is 2.24. The Labute approximate surface area is 96.0 Å². The highest BCUT2D eigenvalue weighted by atomic mass is 35.5. The van der Waals surface area contributed by atoms with E-state index in [1.165, 1.54) is 0 Å². The molecule has 0 aliphatic carbocycles. The molecule has 0 aliphatic heterocycles. The molecule has 0 aliphatic rings. The second kappa shape index (κ2) is 4.96. The minimum absolute atomic E-state index is 0.0996. The number of hydrogen-bond donors (Lipinski definition) is 1. The van der Waals surface area contributed by atoms with E-state index in [0.29, 0.717) is 5.02 Å². The Kier molecular flexibility index (Phi) is 4.13. The minimum Gasteiger partial charge on any atom is -0.322 e. The summed E-state index contributed by atoms with van der Waals surface area (Å²) < 4.78 is 1.89. The zero-order valence-electron chi connectivity index (χ0n) is 9.74. The van der Waals surface area contributed by atoms with Crippen LogP contribution in [0.1, 0.15) is 31.6 Å². The molecular weight excluding hydrogens is 212 g/mol. The number of nitrogens with two attached hydrogens (primary N) is 1. The predicted molar refractivity (Wildman–Crippen MR) is 63.1 cm³/mol. The van der Waals surface area contributed by atoms with Crippen LogP contribution in [0.5, 0.6) is 0 Å². The molecule has 0 saturated carbocycles. The molecule has 4 nitrogen and oxygen atoms in total. The third kappa shape index (κ3) is 2.93. The van der Waals surface area contributed by atoms with Gasteiger partial charge in [-0.2, -0.15) is 5.10 Å². The van der Waals surface area contributed by atoms with Crippen molar-refractivity contribution >= 4 is 11.6 Å². The minimum atomic E-state index is -0.0996. The normalized spacial score (nSPS) is 13.9. The predicted octanol–water partition coefficient (Wildman–Crippen LogP) is 1.68. The van der Waals surface area contributed by atoms with Gasteiger partial charge in [-0.25, -0.2) is 0 Å². The largest absolute Gasteiger partial charge is 0.322 e. The molecule has 2 N–H and O–H groups in total. The summed E-state index contributed by atoms with van der Waals surface area (Å²) in [6, 6.07) is 0.179. The molecule has 0 fully saturated rings. The highest BCUT2D eigenvalue weighted by molar-refractivity contribution is 6.31. The van der Waals surface area contributed by atoms with Gasteiger partial charge in [0.15, 0.2) is 0 Å². The number of nitrogens with zero attached hydrogens (tertiary/aromatic N) is 3. The molecule has 1 aromatic rings. The Bertz CT molecular complexity index is 319. The van der Waals surface area contributed by atoms with Gasteiger partial charge >= 0.3 is 0 Å². The Balaban J connectivity index is 2.95. The molecule has 0 saturated heterocycles. The first-order chi connectivity index (χ1) is 6.93. The van der Waals surface area contributed by atoms with Crippen molar-refractivity contribution in [2.24, 2.45) is 5.73 Å². The summed E-state index contributed by atoms with van der Waals surface area (Å²) in [5.74, 6) is 0. The SMILES string of the molecule is CC(C)n1ncc(Cl)c1C(N)CN(C)C. The maximum Gasteiger partial charge on any atom is 0.0834 e. The van der Waals surface area contributed by atoms with E-state index in [9.17, 15) is 0 Å². The number of hydrogen-bond acceptors (Lipinski definition) is 3. The fraction of sp³-hybridized carbons (Fsp3) is 0.700. The Morgan fingerprint density at radius 1 is 1.53 bits per heavy atom. The topological polar surface area (TPSA) is 47.1 Å². The van der Waals surface area contributed by atoms with Crippen LogP contribution in [0.3, 0.4) is 0 Å². The van der Waals surface area contributed by atoms with Crippen molar-refractivity contribution in [3.8, 4) is 0 Å². The maximum atomic E-state index is 6.09. The Morgan fingerprint density at radius 2 is 2.13 bits per heavy atom. The van der Waals surface area contributed by atoms with Gasteiger partial charge in [0.05, 0.1) is 23.0 Å². The van der Waals surface area contributed by atoms with E-state index in [1.54, 1.807) is 6.20 Å². The van der Waals surface area contributed by atoms with Gasteiger partial charge in [-0.1, -0.05) is 11.6 Å². The molecule has 86 valence electrons. The van der Waals surface area contributed by atoms with E-state index < -0.39 is 0 Å². The molecule has 1 rings (SSSR count). The second-order valence-electron chi connectivity index (χ2n) is 4.28. The van der Waals surface area contributed by atoms with Crippen molar-refractivity contribution in [1.29, 1.82) is 0 Å². The van der Waals surface area contributed by atoms with Gasteiger partial charge in [0, 0.05) is 12.6 Å². The first-order valence-electron chi connectivity index (χ1n) is 5.06. The highest BCUT2D eigenvalue weighted by Gasteiger charge is 2.18. The van der Waals surface area contributed by atoms with Crippen LogP contribution in [0.2, 0.25) is 5.02 Å². The smallest absolute Gasteiger partial charge is 0.0834 e. The quantitative estimate of drug-likeness (QED) is 0.856. The zero-order chi connectivity index (χ0) is 11.6. The Hall–Kier alpha value is -0.580. The third-order valence-corrected chi connectivity index (χ3v) is 2.48. The molecule has 1 unspecified atom stereocenters. The summed E-state index contributed by atoms with van der Waals surface area (Å²) >= 11 is 6.09. The van der Waals surface area contributed by atoms with Gasteiger partial charge < -0.3 is 10.6 Å². The number of likely N-dealkylation sites (N-methyl/N-ethyl adjacent to an activating group) is 1.